The molecule has 1 rings (SSSR count). The molecule has 1 aliphatic rings. The lowest BCUT2D eigenvalue weighted by molar-refractivity contribution is -0.0692. The molecule has 0 heterocycles. The van der Waals surface area contributed by atoms with Crippen LogP contribution < -0.4 is 5.32 Å². The third-order valence-electron chi connectivity index (χ3n) is 3.41. The van der Waals surface area contributed by atoms with Crippen LogP contribution in [0.1, 0.15) is 44.9 Å². The van der Waals surface area contributed by atoms with Gasteiger partial charge in [0.15, 0.2) is 0 Å². The number of rotatable bonds is 9. The third-order valence-corrected chi connectivity index (χ3v) is 3.41. The summed E-state index contributed by atoms with van der Waals surface area (Å²) in [5.41, 5.74) is 0.182. The molecule has 2 nitrogen and oxygen atoms in total. The summed E-state index contributed by atoms with van der Waals surface area (Å²) in [5, 5.41) is 3.51. The zero-order chi connectivity index (χ0) is 11.0. The molecule has 0 radical (unpaired) electrons. The number of hydrogen-bond acceptors (Lipinski definition) is 2. The number of unbranched alkanes of at least 4 members (excludes halogenated alkanes) is 3. The molecule has 1 fully saturated rings. The van der Waals surface area contributed by atoms with Gasteiger partial charge in [0.1, 0.15) is 0 Å². The van der Waals surface area contributed by atoms with E-state index in [0.717, 1.165) is 19.5 Å². The summed E-state index contributed by atoms with van der Waals surface area (Å²) in [6.45, 7) is 5.88. The summed E-state index contributed by atoms with van der Waals surface area (Å²) >= 11 is 0. The summed E-state index contributed by atoms with van der Waals surface area (Å²) < 4.78 is 5.54. The first kappa shape index (κ1) is 12.7. The van der Waals surface area contributed by atoms with Crippen molar-refractivity contribution in [2.24, 2.45) is 0 Å². The minimum absolute atomic E-state index is 0.182. The van der Waals surface area contributed by atoms with Gasteiger partial charge in [-0.05, 0) is 45.1 Å². The van der Waals surface area contributed by atoms with E-state index in [4.69, 9.17) is 4.74 Å². The van der Waals surface area contributed by atoms with Crippen LogP contribution in [0.4, 0.5) is 0 Å². The first-order valence-corrected chi connectivity index (χ1v) is 6.20. The van der Waals surface area contributed by atoms with Gasteiger partial charge in [0, 0.05) is 13.7 Å². The lowest BCUT2D eigenvalue weighted by atomic mass is 9.80. The number of allylic oxidation sites excluding steroid dienone is 1. The van der Waals surface area contributed by atoms with Gasteiger partial charge in [-0.2, -0.15) is 0 Å². The van der Waals surface area contributed by atoms with Crippen molar-refractivity contribution in [3.63, 3.8) is 0 Å². The van der Waals surface area contributed by atoms with Crippen LogP contribution in [-0.4, -0.2) is 25.8 Å². The fraction of sp³-hybridized carbons (Fsp3) is 0.846. The van der Waals surface area contributed by atoms with Gasteiger partial charge in [-0.15, -0.1) is 6.58 Å². The van der Waals surface area contributed by atoms with Gasteiger partial charge in [-0.3, -0.25) is 0 Å². The molecule has 1 saturated carbocycles. The average molecular weight is 211 g/mol. The van der Waals surface area contributed by atoms with Crippen molar-refractivity contribution in [3.8, 4) is 0 Å². The maximum Gasteiger partial charge on any atom is 0.0802 e. The Morgan fingerprint density at radius 2 is 2.13 bits per heavy atom. The van der Waals surface area contributed by atoms with Crippen molar-refractivity contribution < 1.29 is 4.74 Å². The molecule has 1 aliphatic carbocycles. The first-order chi connectivity index (χ1) is 7.33. The van der Waals surface area contributed by atoms with Crippen LogP contribution in [-0.2, 0) is 4.74 Å². The molecule has 0 aromatic rings. The second-order valence-corrected chi connectivity index (χ2v) is 4.56. The fourth-order valence-electron chi connectivity index (χ4n) is 2.06. The normalized spacial score (nSPS) is 18.5. The van der Waals surface area contributed by atoms with Crippen LogP contribution in [0.2, 0.25) is 0 Å². The van der Waals surface area contributed by atoms with Gasteiger partial charge < -0.3 is 10.1 Å². The number of methoxy groups -OCH3 is 1. The highest BCUT2D eigenvalue weighted by Crippen LogP contribution is 2.34. The number of hydrogen-bond donors (Lipinski definition) is 1. The molecule has 0 unspecified atom stereocenters. The van der Waals surface area contributed by atoms with E-state index >= 15 is 0 Å². The molecule has 0 saturated heterocycles. The van der Waals surface area contributed by atoms with E-state index in [1.807, 2.05) is 13.2 Å². The minimum Gasteiger partial charge on any atom is -0.377 e. The first-order valence-electron chi connectivity index (χ1n) is 6.20. The Hall–Kier alpha value is -0.340. The highest BCUT2D eigenvalue weighted by Gasteiger charge is 2.36. The summed E-state index contributed by atoms with van der Waals surface area (Å²) in [6.07, 6.45) is 10.8. The van der Waals surface area contributed by atoms with Crippen LogP contribution in [0.3, 0.4) is 0 Å². The van der Waals surface area contributed by atoms with Gasteiger partial charge in [0.05, 0.1) is 5.60 Å². The second kappa shape index (κ2) is 7.02. The van der Waals surface area contributed by atoms with E-state index in [2.05, 4.69) is 11.9 Å². The van der Waals surface area contributed by atoms with Crippen LogP contribution in [0.15, 0.2) is 12.7 Å². The molecule has 0 aromatic heterocycles. The quantitative estimate of drug-likeness (QED) is 0.468. The maximum atomic E-state index is 5.54. The molecule has 0 bridgehead atoms. The predicted molar refractivity (Wildman–Crippen MR) is 65.1 cm³/mol. The Labute approximate surface area is 94.1 Å². The lowest BCUT2D eigenvalue weighted by Gasteiger charge is -2.40. The van der Waals surface area contributed by atoms with E-state index in [1.54, 1.807) is 0 Å². The molecule has 2 heteroatoms. The summed E-state index contributed by atoms with van der Waals surface area (Å²) in [7, 11) is 1.84. The summed E-state index contributed by atoms with van der Waals surface area (Å²) in [5.74, 6) is 0. The SMILES string of the molecule is C=CCCCCCNCC1(OC)CCC1. The van der Waals surface area contributed by atoms with Crippen molar-refractivity contribution in [2.45, 2.75) is 50.5 Å². The standard InChI is InChI=1S/C13H25NO/c1-3-4-5-6-7-11-14-12-13(15-2)9-8-10-13/h3,14H,1,4-12H2,2H3. The molecular weight excluding hydrogens is 186 g/mol. The minimum atomic E-state index is 0.182. The van der Waals surface area contributed by atoms with Crippen LogP contribution in [0, 0.1) is 0 Å². The number of nitrogens with one attached hydrogen (secondary N) is 1. The highest BCUT2D eigenvalue weighted by atomic mass is 16.5. The predicted octanol–water partition coefficient (Wildman–Crippen LogP) is 2.89. The second-order valence-electron chi connectivity index (χ2n) is 4.56. The molecule has 0 aliphatic heterocycles. The largest absolute Gasteiger partial charge is 0.377 e. The van der Waals surface area contributed by atoms with E-state index in [0.29, 0.717) is 0 Å². The molecule has 88 valence electrons. The van der Waals surface area contributed by atoms with Crippen molar-refractivity contribution in [3.05, 3.63) is 12.7 Å². The topological polar surface area (TPSA) is 21.3 Å². The van der Waals surface area contributed by atoms with Crippen molar-refractivity contribution in [1.29, 1.82) is 0 Å². The van der Waals surface area contributed by atoms with Crippen molar-refractivity contribution >= 4 is 0 Å². The van der Waals surface area contributed by atoms with Crippen LogP contribution in [0.5, 0.6) is 0 Å². The Morgan fingerprint density at radius 3 is 2.67 bits per heavy atom. The molecule has 15 heavy (non-hydrogen) atoms. The Bertz CT molecular complexity index is 170. The Kier molecular flexibility index (Phi) is 5.96. The van der Waals surface area contributed by atoms with Crippen LogP contribution >= 0.6 is 0 Å². The van der Waals surface area contributed by atoms with Gasteiger partial charge in [0.25, 0.3) is 0 Å². The maximum absolute atomic E-state index is 5.54. The fourth-order valence-corrected chi connectivity index (χ4v) is 2.06. The average Bonchev–Trinajstić information content (AvgIpc) is 2.20. The third kappa shape index (κ3) is 4.35. The van der Waals surface area contributed by atoms with Crippen molar-refractivity contribution in [1.82, 2.24) is 5.32 Å². The molecule has 0 aromatic carbocycles. The smallest absolute Gasteiger partial charge is 0.0802 e. The van der Waals surface area contributed by atoms with E-state index in [9.17, 15) is 0 Å². The van der Waals surface area contributed by atoms with Gasteiger partial charge in [-0.25, -0.2) is 0 Å². The number of ether oxygens (including phenoxy) is 1. The monoisotopic (exact) mass is 211 g/mol. The van der Waals surface area contributed by atoms with Gasteiger partial charge in [0.2, 0.25) is 0 Å². The molecule has 0 atom stereocenters. The van der Waals surface area contributed by atoms with E-state index in [1.165, 1.54) is 38.5 Å². The Balaban J connectivity index is 1.90. The van der Waals surface area contributed by atoms with Gasteiger partial charge in [-0.1, -0.05) is 12.5 Å². The summed E-state index contributed by atoms with van der Waals surface area (Å²) in [4.78, 5) is 0. The van der Waals surface area contributed by atoms with Crippen LogP contribution in [0.25, 0.3) is 0 Å². The van der Waals surface area contributed by atoms with Crippen molar-refractivity contribution in [2.75, 3.05) is 20.2 Å². The van der Waals surface area contributed by atoms with Gasteiger partial charge >= 0.3 is 0 Å². The molecule has 0 spiro atoms. The zero-order valence-corrected chi connectivity index (χ0v) is 10.1. The Morgan fingerprint density at radius 1 is 1.33 bits per heavy atom. The zero-order valence-electron chi connectivity index (χ0n) is 10.1. The highest BCUT2D eigenvalue weighted by molar-refractivity contribution is 4.91. The van der Waals surface area contributed by atoms with E-state index in [-0.39, 0.29) is 5.60 Å². The molecule has 0 amide bonds. The van der Waals surface area contributed by atoms with E-state index < -0.39 is 0 Å². The lowest BCUT2D eigenvalue weighted by Crippen LogP contribution is -2.48. The summed E-state index contributed by atoms with van der Waals surface area (Å²) in [6, 6.07) is 0. The molecular formula is C13H25NO. The molecule has 1 N–H and O–H groups in total.